The summed E-state index contributed by atoms with van der Waals surface area (Å²) in [5.41, 5.74) is 1.66. The molecule has 0 saturated carbocycles. The van der Waals surface area contributed by atoms with Crippen LogP contribution in [0.2, 0.25) is 0 Å². The highest BCUT2D eigenvalue weighted by Gasteiger charge is 2.27. The van der Waals surface area contributed by atoms with E-state index in [2.05, 4.69) is 12.2 Å². The van der Waals surface area contributed by atoms with Crippen LogP contribution in [-0.2, 0) is 4.74 Å². The average molecular weight is 278 g/mol. The summed E-state index contributed by atoms with van der Waals surface area (Å²) < 4.78 is 5.29. The fourth-order valence-electron chi connectivity index (χ4n) is 2.24. The van der Waals surface area contributed by atoms with Crippen molar-refractivity contribution in [2.24, 2.45) is 0 Å². The first kappa shape index (κ1) is 14.8. The van der Waals surface area contributed by atoms with Crippen molar-refractivity contribution in [2.75, 3.05) is 38.2 Å². The maximum Gasteiger partial charge on any atom is 0.254 e. The molecule has 20 heavy (non-hydrogen) atoms. The Balaban J connectivity index is 2.04. The number of morpholine rings is 1. The monoisotopic (exact) mass is 278 g/mol. The number of carbonyl (C=O) groups is 1. The van der Waals surface area contributed by atoms with E-state index in [1.165, 1.54) is 0 Å². The minimum atomic E-state index is -0.242. The van der Waals surface area contributed by atoms with E-state index in [9.17, 15) is 9.90 Å². The number of nitrogens with zero attached hydrogens (tertiary/aromatic N) is 1. The van der Waals surface area contributed by atoms with Crippen LogP contribution in [0.15, 0.2) is 24.3 Å². The van der Waals surface area contributed by atoms with Gasteiger partial charge < -0.3 is 20.1 Å². The maximum atomic E-state index is 12.4. The first-order valence-corrected chi connectivity index (χ1v) is 7.09. The maximum absolute atomic E-state index is 12.4. The number of carbonyl (C=O) groups excluding carboxylic acids is 1. The lowest BCUT2D eigenvalue weighted by Crippen LogP contribution is -2.50. The van der Waals surface area contributed by atoms with Crippen LogP contribution in [0.1, 0.15) is 23.7 Å². The Kier molecular flexibility index (Phi) is 5.38. The third-order valence-electron chi connectivity index (χ3n) is 3.41. The van der Waals surface area contributed by atoms with E-state index in [-0.39, 0.29) is 18.6 Å². The van der Waals surface area contributed by atoms with E-state index in [1.807, 2.05) is 24.3 Å². The number of aliphatic hydroxyl groups excluding tert-OH is 1. The molecule has 0 aromatic heterocycles. The molecule has 1 atom stereocenters. The molecule has 110 valence electrons. The molecule has 1 heterocycles. The van der Waals surface area contributed by atoms with Crippen LogP contribution in [0.3, 0.4) is 0 Å². The molecule has 5 heteroatoms. The van der Waals surface area contributed by atoms with Crippen LogP contribution < -0.4 is 5.32 Å². The summed E-state index contributed by atoms with van der Waals surface area (Å²) in [6, 6.07) is 7.23. The van der Waals surface area contributed by atoms with Gasteiger partial charge >= 0.3 is 0 Å². The SMILES string of the molecule is CCCNc1ccc(C(=O)N2CCOCC2CO)cc1. The molecule has 0 radical (unpaired) electrons. The predicted octanol–water partition coefficient (Wildman–Crippen LogP) is 1.34. The van der Waals surface area contributed by atoms with Gasteiger partial charge in [-0.3, -0.25) is 4.79 Å². The largest absolute Gasteiger partial charge is 0.394 e. The zero-order chi connectivity index (χ0) is 14.4. The van der Waals surface area contributed by atoms with E-state index >= 15 is 0 Å². The lowest BCUT2D eigenvalue weighted by molar-refractivity contribution is -0.0183. The Morgan fingerprint density at radius 2 is 2.20 bits per heavy atom. The standard InChI is InChI=1S/C15H22N2O3/c1-2-7-16-13-5-3-12(4-6-13)15(19)17-8-9-20-11-14(17)10-18/h3-6,14,16,18H,2,7-11H2,1H3. The lowest BCUT2D eigenvalue weighted by atomic mass is 10.1. The van der Waals surface area contributed by atoms with E-state index < -0.39 is 0 Å². The number of rotatable bonds is 5. The number of hydrogen-bond donors (Lipinski definition) is 2. The molecule has 2 rings (SSSR count). The Morgan fingerprint density at radius 3 is 2.85 bits per heavy atom. The molecule has 0 aliphatic carbocycles. The molecule has 1 aliphatic rings. The number of hydrogen-bond acceptors (Lipinski definition) is 4. The van der Waals surface area contributed by atoms with E-state index in [0.29, 0.717) is 25.3 Å². The Labute approximate surface area is 119 Å². The summed E-state index contributed by atoms with van der Waals surface area (Å²) in [7, 11) is 0. The molecule has 1 saturated heterocycles. The first-order chi connectivity index (χ1) is 9.76. The van der Waals surface area contributed by atoms with Crippen molar-refractivity contribution in [3.05, 3.63) is 29.8 Å². The molecule has 1 unspecified atom stereocenters. The minimum Gasteiger partial charge on any atom is -0.394 e. The van der Waals surface area contributed by atoms with Crippen molar-refractivity contribution in [1.82, 2.24) is 4.90 Å². The summed E-state index contributed by atoms with van der Waals surface area (Å²) in [5, 5.41) is 12.6. The zero-order valence-electron chi connectivity index (χ0n) is 11.8. The van der Waals surface area contributed by atoms with Crippen molar-refractivity contribution in [1.29, 1.82) is 0 Å². The molecule has 1 aliphatic heterocycles. The molecule has 1 aromatic carbocycles. The fourth-order valence-corrected chi connectivity index (χ4v) is 2.24. The quantitative estimate of drug-likeness (QED) is 0.853. The van der Waals surface area contributed by atoms with Gasteiger partial charge in [0, 0.05) is 24.3 Å². The molecular weight excluding hydrogens is 256 g/mol. The van der Waals surface area contributed by atoms with E-state index in [4.69, 9.17) is 4.74 Å². The molecule has 5 nitrogen and oxygen atoms in total. The fraction of sp³-hybridized carbons (Fsp3) is 0.533. The van der Waals surface area contributed by atoms with Gasteiger partial charge in [0.2, 0.25) is 0 Å². The van der Waals surface area contributed by atoms with Crippen molar-refractivity contribution in [2.45, 2.75) is 19.4 Å². The predicted molar refractivity (Wildman–Crippen MR) is 78.0 cm³/mol. The van der Waals surface area contributed by atoms with Crippen molar-refractivity contribution < 1.29 is 14.6 Å². The zero-order valence-corrected chi connectivity index (χ0v) is 11.8. The van der Waals surface area contributed by atoms with Gasteiger partial charge in [0.25, 0.3) is 5.91 Å². The van der Waals surface area contributed by atoms with Crippen LogP contribution in [0.4, 0.5) is 5.69 Å². The highest BCUT2D eigenvalue weighted by atomic mass is 16.5. The Bertz CT molecular complexity index is 433. The smallest absolute Gasteiger partial charge is 0.254 e. The second-order valence-electron chi connectivity index (χ2n) is 4.91. The number of benzene rings is 1. The summed E-state index contributed by atoms with van der Waals surface area (Å²) >= 11 is 0. The summed E-state index contributed by atoms with van der Waals surface area (Å²) in [6.45, 7) is 4.42. The van der Waals surface area contributed by atoms with Crippen molar-refractivity contribution >= 4 is 11.6 Å². The number of nitrogens with one attached hydrogen (secondary N) is 1. The number of ether oxygens (including phenoxy) is 1. The van der Waals surface area contributed by atoms with E-state index in [1.54, 1.807) is 4.90 Å². The topological polar surface area (TPSA) is 61.8 Å². The van der Waals surface area contributed by atoms with Crippen molar-refractivity contribution in [3.8, 4) is 0 Å². The first-order valence-electron chi connectivity index (χ1n) is 7.09. The molecule has 0 spiro atoms. The molecular formula is C15H22N2O3. The van der Waals surface area contributed by atoms with Gasteiger partial charge in [-0.25, -0.2) is 0 Å². The van der Waals surface area contributed by atoms with Crippen molar-refractivity contribution in [3.63, 3.8) is 0 Å². The number of amides is 1. The third-order valence-corrected chi connectivity index (χ3v) is 3.41. The van der Waals surface area contributed by atoms with Gasteiger partial charge in [-0.2, -0.15) is 0 Å². The minimum absolute atomic E-state index is 0.0469. The summed E-state index contributed by atoms with van der Waals surface area (Å²) in [5.74, 6) is -0.0469. The lowest BCUT2D eigenvalue weighted by Gasteiger charge is -2.34. The van der Waals surface area contributed by atoms with E-state index in [0.717, 1.165) is 18.7 Å². The van der Waals surface area contributed by atoms with Gasteiger partial charge in [-0.05, 0) is 30.7 Å². The number of aliphatic hydroxyl groups is 1. The number of anilines is 1. The molecule has 1 fully saturated rings. The molecule has 2 N–H and O–H groups in total. The van der Waals surface area contributed by atoms with Gasteiger partial charge in [0.1, 0.15) is 0 Å². The van der Waals surface area contributed by atoms with Crippen LogP contribution in [0, 0.1) is 0 Å². The second kappa shape index (κ2) is 7.26. The third kappa shape index (κ3) is 3.49. The normalized spacial score (nSPS) is 18.9. The molecule has 1 aromatic rings. The average Bonchev–Trinajstić information content (AvgIpc) is 2.52. The highest BCUT2D eigenvalue weighted by Crippen LogP contribution is 2.15. The van der Waals surface area contributed by atoms with Gasteiger partial charge in [0.05, 0.1) is 25.9 Å². The molecule has 1 amide bonds. The van der Waals surface area contributed by atoms with Crippen LogP contribution >= 0.6 is 0 Å². The van der Waals surface area contributed by atoms with Crippen LogP contribution in [-0.4, -0.2) is 54.9 Å². The van der Waals surface area contributed by atoms with Crippen LogP contribution in [0.5, 0.6) is 0 Å². The summed E-state index contributed by atoms with van der Waals surface area (Å²) in [6.07, 6.45) is 1.06. The Morgan fingerprint density at radius 1 is 1.45 bits per heavy atom. The van der Waals surface area contributed by atoms with Crippen LogP contribution in [0.25, 0.3) is 0 Å². The van der Waals surface area contributed by atoms with Gasteiger partial charge in [-0.15, -0.1) is 0 Å². The highest BCUT2D eigenvalue weighted by molar-refractivity contribution is 5.94. The molecule has 0 bridgehead atoms. The van der Waals surface area contributed by atoms with Gasteiger partial charge in [-0.1, -0.05) is 6.92 Å². The second-order valence-corrected chi connectivity index (χ2v) is 4.91. The summed E-state index contributed by atoms with van der Waals surface area (Å²) in [4.78, 5) is 14.1. The Hall–Kier alpha value is -1.59. The van der Waals surface area contributed by atoms with Gasteiger partial charge in [0.15, 0.2) is 0 Å².